The molecular formula is C8H15NOS. The van der Waals surface area contributed by atoms with Crippen molar-refractivity contribution in [3.63, 3.8) is 0 Å². The minimum Gasteiger partial charge on any atom is -0.375 e. The second-order valence-corrected chi connectivity index (χ2v) is 3.82. The molecule has 2 atom stereocenters. The Hall–Kier alpha value is 0.01000. The first-order valence-electron chi connectivity index (χ1n) is 3.90. The number of hydrogen-bond acceptors (Lipinski definition) is 3. The van der Waals surface area contributed by atoms with Gasteiger partial charge in [0.15, 0.2) is 0 Å². The highest BCUT2D eigenvalue weighted by Crippen LogP contribution is 2.15. The Bertz CT molecular complexity index is 123. The van der Waals surface area contributed by atoms with Crippen molar-refractivity contribution in [2.75, 3.05) is 18.1 Å². The second-order valence-electron chi connectivity index (χ2n) is 2.67. The van der Waals surface area contributed by atoms with Crippen LogP contribution in [-0.2, 0) is 4.74 Å². The molecular weight excluding hydrogens is 158 g/mol. The molecule has 1 aliphatic rings. The molecule has 1 rings (SSSR count). The highest BCUT2D eigenvalue weighted by atomic mass is 32.2. The highest BCUT2D eigenvalue weighted by Gasteiger charge is 2.19. The van der Waals surface area contributed by atoms with Crippen molar-refractivity contribution < 1.29 is 4.74 Å². The van der Waals surface area contributed by atoms with Gasteiger partial charge in [0.05, 0.1) is 12.7 Å². The Morgan fingerprint density at radius 1 is 1.82 bits per heavy atom. The summed E-state index contributed by atoms with van der Waals surface area (Å²) < 4.78 is 5.50. The van der Waals surface area contributed by atoms with Crippen molar-refractivity contribution >= 4 is 11.8 Å². The van der Waals surface area contributed by atoms with E-state index in [1.807, 2.05) is 17.8 Å². The van der Waals surface area contributed by atoms with E-state index in [1.54, 1.807) is 0 Å². The minimum absolute atomic E-state index is 0.139. The van der Waals surface area contributed by atoms with Crippen molar-refractivity contribution in [1.29, 1.82) is 0 Å². The van der Waals surface area contributed by atoms with Crippen LogP contribution in [-0.4, -0.2) is 30.3 Å². The lowest BCUT2D eigenvalue weighted by Gasteiger charge is -2.26. The molecule has 1 heterocycles. The normalized spacial score (nSPS) is 27.9. The van der Waals surface area contributed by atoms with Crippen LogP contribution >= 0.6 is 11.8 Å². The van der Waals surface area contributed by atoms with E-state index in [-0.39, 0.29) is 12.1 Å². The molecule has 0 bridgehead atoms. The Morgan fingerprint density at radius 2 is 2.64 bits per heavy atom. The maximum absolute atomic E-state index is 5.85. The lowest BCUT2D eigenvalue weighted by molar-refractivity contribution is 0.0578. The SMILES string of the molecule is C=CCC(N)C1CSCCO1. The van der Waals surface area contributed by atoms with E-state index in [1.165, 1.54) is 0 Å². The van der Waals surface area contributed by atoms with Gasteiger partial charge in [0, 0.05) is 17.5 Å². The first kappa shape index (κ1) is 9.10. The van der Waals surface area contributed by atoms with Gasteiger partial charge in [0.25, 0.3) is 0 Å². The van der Waals surface area contributed by atoms with Crippen LogP contribution in [0.25, 0.3) is 0 Å². The largest absolute Gasteiger partial charge is 0.375 e. The molecule has 0 aliphatic carbocycles. The Labute approximate surface area is 72.2 Å². The topological polar surface area (TPSA) is 35.2 Å². The second kappa shape index (κ2) is 4.80. The van der Waals surface area contributed by atoms with Gasteiger partial charge in [-0.2, -0.15) is 11.8 Å². The molecule has 11 heavy (non-hydrogen) atoms. The van der Waals surface area contributed by atoms with Crippen molar-refractivity contribution in [1.82, 2.24) is 0 Å². The van der Waals surface area contributed by atoms with Gasteiger partial charge in [-0.15, -0.1) is 6.58 Å². The molecule has 2 nitrogen and oxygen atoms in total. The van der Waals surface area contributed by atoms with Gasteiger partial charge in [0.2, 0.25) is 0 Å². The molecule has 1 fully saturated rings. The third-order valence-electron chi connectivity index (χ3n) is 1.76. The van der Waals surface area contributed by atoms with Gasteiger partial charge >= 0.3 is 0 Å². The number of rotatable bonds is 3. The summed E-state index contributed by atoms with van der Waals surface area (Å²) in [6.45, 7) is 4.50. The van der Waals surface area contributed by atoms with Crippen LogP contribution in [0.15, 0.2) is 12.7 Å². The fourth-order valence-electron chi connectivity index (χ4n) is 1.10. The number of hydrogen-bond donors (Lipinski definition) is 1. The average Bonchev–Trinajstić information content (AvgIpc) is 2.07. The molecule has 3 heteroatoms. The van der Waals surface area contributed by atoms with E-state index in [0.29, 0.717) is 0 Å². The molecule has 0 saturated carbocycles. The van der Waals surface area contributed by atoms with Gasteiger partial charge < -0.3 is 10.5 Å². The summed E-state index contributed by atoms with van der Waals surface area (Å²) in [4.78, 5) is 0. The van der Waals surface area contributed by atoms with E-state index in [4.69, 9.17) is 10.5 Å². The summed E-state index contributed by atoms with van der Waals surface area (Å²) in [6.07, 6.45) is 2.95. The van der Waals surface area contributed by atoms with Gasteiger partial charge in [-0.05, 0) is 6.42 Å². The zero-order valence-corrected chi connectivity index (χ0v) is 7.48. The summed E-state index contributed by atoms with van der Waals surface area (Å²) >= 11 is 1.92. The first-order valence-corrected chi connectivity index (χ1v) is 5.06. The van der Waals surface area contributed by atoms with Crippen LogP contribution in [0.2, 0.25) is 0 Å². The molecule has 1 saturated heterocycles. The molecule has 2 N–H and O–H groups in total. The van der Waals surface area contributed by atoms with Crippen molar-refractivity contribution in [3.05, 3.63) is 12.7 Å². The van der Waals surface area contributed by atoms with Crippen molar-refractivity contribution in [2.45, 2.75) is 18.6 Å². The third kappa shape index (κ3) is 2.85. The van der Waals surface area contributed by atoms with Crippen LogP contribution in [0.5, 0.6) is 0 Å². The molecule has 1 aliphatic heterocycles. The van der Waals surface area contributed by atoms with E-state index in [2.05, 4.69) is 6.58 Å². The molecule has 0 radical (unpaired) electrons. The summed E-state index contributed by atoms with van der Waals surface area (Å²) in [5.74, 6) is 2.15. The van der Waals surface area contributed by atoms with Crippen LogP contribution in [0, 0.1) is 0 Å². The molecule has 0 aromatic heterocycles. The molecule has 0 spiro atoms. The van der Waals surface area contributed by atoms with Gasteiger partial charge in [-0.3, -0.25) is 0 Å². The standard InChI is InChI=1S/C8H15NOS/c1-2-3-7(9)8-6-11-5-4-10-8/h2,7-8H,1,3-6,9H2. The average molecular weight is 173 g/mol. The summed E-state index contributed by atoms with van der Waals surface area (Å²) in [5.41, 5.74) is 5.85. The van der Waals surface area contributed by atoms with Crippen LogP contribution in [0.3, 0.4) is 0 Å². The fourth-order valence-corrected chi connectivity index (χ4v) is 2.05. The quantitative estimate of drug-likeness (QED) is 0.647. The highest BCUT2D eigenvalue weighted by molar-refractivity contribution is 7.99. The summed E-state index contributed by atoms with van der Waals surface area (Å²) in [5, 5.41) is 0. The minimum atomic E-state index is 0.139. The maximum Gasteiger partial charge on any atom is 0.0819 e. The number of nitrogens with two attached hydrogens (primary N) is 1. The van der Waals surface area contributed by atoms with Gasteiger partial charge in [-0.25, -0.2) is 0 Å². The van der Waals surface area contributed by atoms with Crippen LogP contribution < -0.4 is 5.73 Å². The van der Waals surface area contributed by atoms with Crippen LogP contribution in [0.4, 0.5) is 0 Å². The molecule has 0 aromatic rings. The lowest BCUT2D eigenvalue weighted by Crippen LogP contribution is -2.40. The molecule has 0 aromatic carbocycles. The van der Waals surface area contributed by atoms with E-state index >= 15 is 0 Å². The van der Waals surface area contributed by atoms with Crippen molar-refractivity contribution in [3.8, 4) is 0 Å². The van der Waals surface area contributed by atoms with Crippen molar-refractivity contribution in [2.24, 2.45) is 5.73 Å². The predicted molar refractivity (Wildman–Crippen MR) is 49.9 cm³/mol. The first-order chi connectivity index (χ1) is 5.34. The predicted octanol–water partition coefficient (Wildman–Crippen LogP) is 1.02. The van der Waals surface area contributed by atoms with E-state index < -0.39 is 0 Å². The van der Waals surface area contributed by atoms with Gasteiger partial charge in [-0.1, -0.05) is 6.08 Å². The number of thioether (sulfide) groups is 1. The summed E-state index contributed by atoms with van der Waals surface area (Å²) in [6, 6.07) is 0.139. The zero-order valence-electron chi connectivity index (χ0n) is 6.66. The Balaban J connectivity index is 2.26. The lowest BCUT2D eigenvalue weighted by atomic mass is 10.1. The van der Waals surface area contributed by atoms with Gasteiger partial charge in [0.1, 0.15) is 0 Å². The third-order valence-corrected chi connectivity index (χ3v) is 2.78. The van der Waals surface area contributed by atoms with E-state index in [0.717, 1.165) is 24.5 Å². The molecule has 64 valence electrons. The monoisotopic (exact) mass is 173 g/mol. The van der Waals surface area contributed by atoms with Crippen LogP contribution in [0.1, 0.15) is 6.42 Å². The number of ether oxygens (including phenoxy) is 1. The maximum atomic E-state index is 5.85. The Kier molecular flexibility index (Phi) is 3.97. The fraction of sp³-hybridized carbons (Fsp3) is 0.750. The molecule has 0 amide bonds. The zero-order chi connectivity index (χ0) is 8.10. The summed E-state index contributed by atoms with van der Waals surface area (Å²) in [7, 11) is 0. The van der Waals surface area contributed by atoms with E-state index in [9.17, 15) is 0 Å². The Morgan fingerprint density at radius 3 is 3.18 bits per heavy atom. The molecule has 2 unspecified atom stereocenters. The smallest absolute Gasteiger partial charge is 0.0819 e.